The van der Waals surface area contributed by atoms with Gasteiger partial charge in [-0.25, -0.2) is 4.79 Å². The fourth-order valence-corrected chi connectivity index (χ4v) is 2.25. The Labute approximate surface area is 119 Å². The van der Waals surface area contributed by atoms with Crippen LogP contribution in [0.1, 0.15) is 12.6 Å². The van der Waals surface area contributed by atoms with Crippen molar-refractivity contribution in [1.29, 1.82) is 0 Å². The van der Waals surface area contributed by atoms with Gasteiger partial charge in [0.1, 0.15) is 11.9 Å². The quantitative estimate of drug-likeness (QED) is 0.441. The van der Waals surface area contributed by atoms with Crippen LogP contribution in [0.4, 0.5) is 5.69 Å². The number of azide groups is 1. The Bertz CT molecular complexity index is 674. The molecule has 10 nitrogen and oxygen atoms in total. The van der Waals surface area contributed by atoms with Gasteiger partial charge in [0.05, 0.1) is 18.8 Å². The van der Waals surface area contributed by atoms with E-state index in [-0.39, 0.29) is 13.0 Å². The van der Waals surface area contributed by atoms with Crippen molar-refractivity contribution in [3.8, 4) is 0 Å². The Balaban J connectivity index is 2.39. The van der Waals surface area contributed by atoms with E-state index in [0.717, 1.165) is 0 Å². The van der Waals surface area contributed by atoms with Crippen LogP contribution in [-0.4, -0.2) is 47.5 Å². The second kappa shape index (κ2) is 6.00. The van der Waals surface area contributed by atoms with Crippen molar-refractivity contribution in [1.82, 2.24) is 9.55 Å². The van der Waals surface area contributed by atoms with Gasteiger partial charge in [-0.15, -0.1) is 0 Å². The summed E-state index contributed by atoms with van der Waals surface area (Å²) >= 11 is 0. The summed E-state index contributed by atoms with van der Waals surface area (Å²) in [6.07, 6.45) is 0.251. The zero-order valence-electron chi connectivity index (χ0n) is 11.6. The van der Waals surface area contributed by atoms with Crippen LogP contribution in [0.5, 0.6) is 0 Å². The number of nitrogens with one attached hydrogen (secondary N) is 1. The van der Waals surface area contributed by atoms with Gasteiger partial charge in [0, 0.05) is 31.6 Å². The highest BCUT2D eigenvalue weighted by atomic mass is 16.5. The van der Waals surface area contributed by atoms with Gasteiger partial charge in [-0.1, -0.05) is 5.11 Å². The standard InChI is InChI=1S/C11H16N6O4/c1-16(2)7-4-17(11(20)13-10(7)19)9-3-6(14-15-12)8(5-18)21-9/h4,6,8-9,18H,3,5H2,1-2H3,(H,13,19,20)/t6-,8+,9+/m0/s1. The van der Waals surface area contributed by atoms with Crippen LogP contribution in [0.2, 0.25) is 0 Å². The lowest BCUT2D eigenvalue weighted by Gasteiger charge is -2.17. The first kappa shape index (κ1) is 15.1. The normalized spacial score (nSPS) is 24.6. The number of ether oxygens (including phenoxy) is 1. The minimum atomic E-state index is -0.708. The van der Waals surface area contributed by atoms with E-state index in [0.29, 0.717) is 5.69 Å². The highest BCUT2D eigenvalue weighted by Gasteiger charge is 2.35. The van der Waals surface area contributed by atoms with Crippen molar-refractivity contribution >= 4 is 5.69 Å². The van der Waals surface area contributed by atoms with Crippen molar-refractivity contribution in [2.24, 2.45) is 5.11 Å². The van der Waals surface area contributed by atoms with Gasteiger partial charge in [0.15, 0.2) is 0 Å². The van der Waals surface area contributed by atoms with E-state index >= 15 is 0 Å². The second-order valence-corrected chi connectivity index (χ2v) is 4.90. The number of aliphatic hydroxyl groups excluding tert-OH is 1. The Morgan fingerprint density at radius 2 is 2.33 bits per heavy atom. The number of anilines is 1. The van der Waals surface area contributed by atoms with E-state index in [9.17, 15) is 14.7 Å². The Kier molecular flexibility index (Phi) is 4.32. The fourth-order valence-electron chi connectivity index (χ4n) is 2.25. The van der Waals surface area contributed by atoms with Gasteiger partial charge in [-0.2, -0.15) is 0 Å². The molecular weight excluding hydrogens is 280 g/mol. The average Bonchev–Trinajstić information content (AvgIpc) is 2.81. The smallest absolute Gasteiger partial charge is 0.330 e. The van der Waals surface area contributed by atoms with Crippen LogP contribution < -0.4 is 16.1 Å². The number of aromatic nitrogens is 2. The summed E-state index contributed by atoms with van der Waals surface area (Å²) in [5, 5.41) is 12.8. The molecule has 2 heterocycles. The second-order valence-electron chi connectivity index (χ2n) is 4.90. The summed E-state index contributed by atoms with van der Waals surface area (Å²) in [5.74, 6) is 0. The van der Waals surface area contributed by atoms with Crippen molar-refractivity contribution in [2.45, 2.75) is 24.8 Å². The number of hydrogen-bond acceptors (Lipinski definition) is 6. The van der Waals surface area contributed by atoms with Crippen molar-refractivity contribution < 1.29 is 9.84 Å². The summed E-state index contributed by atoms with van der Waals surface area (Å²) < 4.78 is 6.75. The molecule has 1 aromatic rings. The molecule has 1 aliphatic rings. The molecular formula is C11H16N6O4. The van der Waals surface area contributed by atoms with Crippen LogP contribution in [0.15, 0.2) is 20.9 Å². The van der Waals surface area contributed by atoms with Gasteiger partial charge in [-0.05, 0) is 5.53 Å². The summed E-state index contributed by atoms with van der Waals surface area (Å²) in [5.41, 5.74) is 7.69. The third-order valence-corrected chi connectivity index (χ3v) is 3.33. The van der Waals surface area contributed by atoms with E-state index in [1.807, 2.05) is 0 Å². The van der Waals surface area contributed by atoms with Gasteiger partial charge in [-0.3, -0.25) is 14.3 Å². The van der Waals surface area contributed by atoms with Crippen LogP contribution in [-0.2, 0) is 4.74 Å². The molecule has 1 fully saturated rings. The SMILES string of the molecule is CN(C)c1cn([C@H]2C[C@H](N=[N+]=[N-])[C@@H](CO)O2)c(=O)[nH]c1=O. The fraction of sp³-hybridized carbons (Fsp3) is 0.636. The van der Waals surface area contributed by atoms with E-state index in [1.165, 1.54) is 10.8 Å². The third-order valence-electron chi connectivity index (χ3n) is 3.33. The molecule has 0 bridgehead atoms. The Morgan fingerprint density at radius 3 is 2.90 bits per heavy atom. The van der Waals surface area contributed by atoms with Crippen LogP contribution in [0.25, 0.3) is 10.4 Å². The molecule has 21 heavy (non-hydrogen) atoms. The van der Waals surface area contributed by atoms with E-state index in [4.69, 9.17) is 10.3 Å². The predicted molar refractivity (Wildman–Crippen MR) is 74.2 cm³/mol. The average molecular weight is 296 g/mol. The highest BCUT2D eigenvalue weighted by molar-refractivity contribution is 5.39. The van der Waals surface area contributed by atoms with Crippen molar-refractivity contribution in [3.63, 3.8) is 0 Å². The van der Waals surface area contributed by atoms with Crippen LogP contribution in [0.3, 0.4) is 0 Å². The Hall–Kier alpha value is -2.29. The number of hydrogen-bond donors (Lipinski definition) is 2. The molecule has 1 saturated heterocycles. The lowest BCUT2D eigenvalue weighted by molar-refractivity contribution is -0.0270. The lowest BCUT2D eigenvalue weighted by atomic mass is 10.1. The summed E-state index contributed by atoms with van der Waals surface area (Å²) in [7, 11) is 3.35. The van der Waals surface area contributed by atoms with Crippen molar-refractivity contribution in [3.05, 3.63) is 37.5 Å². The molecule has 0 unspecified atom stereocenters. The van der Waals surface area contributed by atoms with Gasteiger partial charge in [0.25, 0.3) is 5.56 Å². The molecule has 0 amide bonds. The minimum Gasteiger partial charge on any atom is -0.394 e. The van der Waals surface area contributed by atoms with E-state index in [2.05, 4.69) is 15.0 Å². The zero-order valence-corrected chi connectivity index (χ0v) is 11.6. The number of rotatable bonds is 4. The number of nitrogens with zero attached hydrogens (tertiary/aromatic N) is 5. The van der Waals surface area contributed by atoms with E-state index in [1.54, 1.807) is 19.0 Å². The lowest BCUT2D eigenvalue weighted by Crippen LogP contribution is -2.35. The van der Waals surface area contributed by atoms with Gasteiger partial charge in [0.2, 0.25) is 0 Å². The molecule has 3 atom stereocenters. The molecule has 0 spiro atoms. The predicted octanol–water partition coefficient (Wildman–Crippen LogP) is -0.439. The largest absolute Gasteiger partial charge is 0.394 e. The Morgan fingerprint density at radius 1 is 1.62 bits per heavy atom. The number of aliphatic hydroxyl groups is 1. The summed E-state index contributed by atoms with van der Waals surface area (Å²) in [6, 6.07) is -0.563. The van der Waals surface area contributed by atoms with Gasteiger partial charge >= 0.3 is 5.69 Å². The maximum atomic E-state index is 11.9. The molecule has 0 radical (unpaired) electrons. The molecule has 114 valence electrons. The summed E-state index contributed by atoms with van der Waals surface area (Å²) in [4.78, 5) is 30.1. The van der Waals surface area contributed by atoms with Gasteiger partial charge < -0.3 is 14.7 Å². The highest BCUT2D eigenvalue weighted by Crippen LogP contribution is 2.30. The first-order chi connectivity index (χ1) is 9.97. The van der Waals surface area contributed by atoms with Crippen LogP contribution in [0, 0.1) is 0 Å². The molecule has 10 heteroatoms. The molecule has 1 aliphatic heterocycles. The molecule has 2 rings (SSSR count). The maximum absolute atomic E-state index is 11.9. The molecule has 0 saturated carbocycles. The number of H-pyrrole nitrogens is 1. The molecule has 1 aromatic heterocycles. The minimum absolute atomic E-state index is 0.244. The first-order valence-electron chi connectivity index (χ1n) is 6.31. The number of aromatic amines is 1. The maximum Gasteiger partial charge on any atom is 0.330 e. The topological polar surface area (TPSA) is 136 Å². The summed E-state index contributed by atoms with van der Waals surface area (Å²) in [6.45, 7) is -0.321. The third kappa shape index (κ3) is 2.92. The zero-order chi connectivity index (χ0) is 15.6. The monoisotopic (exact) mass is 296 g/mol. The first-order valence-corrected chi connectivity index (χ1v) is 6.31. The van der Waals surface area contributed by atoms with E-state index < -0.39 is 29.6 Å². The van der Waals surface area contributed by atoms with Crippen molar-refractivity contribution in [2.75, 3.05) is 25.6 Å². The molecule has 0 aromatic carbocycles. The molecule has 2 N–H and O–H groups in total. The van der Waals surface area contributed by atoms with Crippen LogP contribution >= 0.6 is 0 Å². The molecule has 0 aliphatic carbocycles.